The molecule has 1 aromatic rings. The van der Waals surface area contributed by atoms with Crippen LogP contribution in [0.2, 0.25) is 0 Å². The van der Waals surface area contributed by atoms with Crippen molar-refractivity contribution in [1.29, 1.82) is 0 Å². The molecule has 0 spiro atoms. The number of halogens is 1. The van der Waals surface area contributed by atoms with Gasteiger partial charge in [0, 0.05) is 13.1 Å². The maximum absolute atomic E-state index is 13.0. The average molecular weight is 225 g/mol. The molecule has 0 saturated carbocycles. The lowest BCUT2D eigenvalue weighted by molar-refractivity contribution is -0.0312. The minimum absolute atomic E-state index is 0.0250. The second kappa shape index (κ2) is 5.39. The van der Waals surface area contributed by atoms with E-state index in [0.717, 1.165) is 12.1 Å². The number of aliphatic hydroxyl groups is 1. The molecule has 1 atom stereocenters. The van der Waals surface area contributed by atoms with Crippen LogP contribution >= 0.6 is 0 Å². The summed E-state index contributed by atoms with van der Waals surface area (Å²) in [6, 6.07) is 6.60. The summed E-state index contributed by atoms with van der Waals surface area (Å²) in [4.78, 5) is 2.12. The predicted octanol–water partition coefficient (Wildman–Crippen LogP) is 1.02. The smallest absolute Gasteiger partial charge is 0.123 e. The maximum atomic E-state index is 13.0. The van der Waals surface area contributed by atoms with Gasteiger partial charge in [0.1, 0.15) is 5.82 Å². The largest absolute Gasteiger partial charge is 0.395 e. The Morgan fingerprint density at radius 1 is 1.50 bits per heavy atom. The molecule has 0 aliphatic carbocycles. The lowest BCUT2D eigenvalue weighted by atomic mass is 10.1. The summed E-state index contributed by atoms with van der Waals surface area (Å²) in [6.07, 6.45) is 0. The highest BCUT2D eigenvalue weighted by atomic mass is 19.1. The van der Waals surface area contributed by atoms with Gasteiger partial charge in [-0.3, -0.25) is 4.90 Å². The van der Waals surface area contributed by atoms with Gasteiger partial charge in [0.05, 0.1) is 25.9 Å². The van der Waals surface area contributed by atoms with E-state index in [1.54, 1.807) is 6.07 Å². The van der Waals surface area contributed by atoms with Crippen molar-refractivity contribution in [1.82, 2.24) is 4.90 Å². The van der Waals surface area contributed by atoms with Gasteiger partial charge in [0.25, 0.3) is 0 Å². The van der Waals surface area contributed by atoms with Crippen LogP contribution in [0.25, 0.3) is 0 Å². The number of aliphatic hydroxyl groups excluding tert-OH is 1. The fraction of sp³-hybridized carbons (Fsp3) is 0.500. The lowest BCUT2D eigenvalue weighted by Gasteiger charge is -2.34. The SMILES string of the molecule is OC[C@H]1COCCN1Cc1cccc(F)c1. The van der Waals surface area contributed by atoms with Crippen LogP contribution in [-0.2, 0) is 11.3 Å². The molecule has 1 fully saturated rings. The summed E-state index contributed by atoms with van der Waals surface area (Å²) in [5, 5.41) is 9.20. The van der Waals surface area contributed by atoms with E-state index in [4.69, 9.17) is 4.74 Å². The maximum Gasteiger partial charge on any atom is 0.123 e. The van der Waals surface area contributed by atoms with Crippen LogP contribution in [0.5, 0.6) is 0 Å². The van der Waals surface area contributed by atoms with E-state index in [1.165, 1.54) is 12.1 Å². The van der Waals surface area contributed by atoms with Gasteiger partial charge in [0.2, 0.25) is 0 Å². The van der Waals surface area contributed by atoms with Crippen LogP contribution in [0, 0.1) is 5.82 Å². The first-order chi connectivity index (χ1) is 7.79. The first-order valence-electron chi connectivity index (χ1n) is 5.46. The number of nitrogens with zero attached hydrogens (tertiary/aromatic N) is 1. The van der Waals surface area contributed by atoms with Gasteiger partial charge in [-0.15, -0.1) is 0 Å². The number of hydrogen-bond acceptors (Lipinski definition) is 3. The number of morpholine rings is 1. The van der Waals surface area contributed by atoms with Crippen LogP contribution in [0.1, 0.15) is 5.56 Å². The van der Waals surface area contributed by atoms with Gasteiger partial charge in [-0.1, -0.05) is 12.1 Å². The summed E-state index contributed by atoms with van der Waals surface area (Å²) in [6.45, 7) is 2.74. The Hall–Kier alpha value is -0.970. The third kappa shape index (κ3) is 2.78. The number of benzene rings is 1. The molecule has 1 N–H and O–H groups in total. The Morgan fingerprint density at radius 3 is 3.12 bits per heavy atom. The van der Waals surface area contributed by atoms with Crippen molar-refractivity contribution in [2.75, 3.05) is 26.4 Å². The van der Waals surface area contributed by atoms with E-state index in [0.29, 0.717) is 19.8 Å². The van der Waals surface area contributed by atoms with Crippen molar-refractivity contribution >= 4 is 0 Å². The molecule has 1 heterocycles. The van der Waals surface area contributed by atoms with Crippen LogP contribution in [0.3, 0.4) is 0 Å². The molecule has 1 saturated heterocycles. The van der Waals surface area contributed by atoms with Gasteiger partial charge in [-0.25, -0.2) is 4.39 Å². The lowest BCUT2D eigenvalue weighted by Crippen LogP contribution is -2.46. The normalized spacial score (nSPS) is 22.2. The standard InChI is InChI=1S/C12H16FNO2/c13-11-3-1-2-10(6-11)7-14-4-5-16-9-12(14)8-15/h1-3,6,12,15H,4-5,7-9H2/t12-/m0/s1. The van der Waals surface area contributed by atoms with E-state index in [9.17, 15) is 9.50 Å². The third-order valence-electron chi connectivity index (χ3n) is 2.83. The van der Waals surface area contributed by atoms with E-state index < -0.39 is 0 Å². The quantitative estimate of drug-likeness (QED) is 0.833. The Kier molecular flexibility index (Phi) is 3.88. The third-order valence-corrected chi connectivity index (χ3v) is 2.83. The molecule has 2 rings (SSSR count). The minimum atomic E-state index is -0.216. The van der Waals surface area contributed by atoms with Crippen LogP contribution in [0.4, 0.5) is 4.39 Å². The van der Waals surface area contributed by atoms with E-state index in [2.05, 4.69) is 4.90 Å². The summed E-state index contributed by atoms with van der Waals surface area (Å²) in [5.74, 6) is -0.216. The fourth-order valence-electron chi connectivity index (χ4n) is 1.94. The van der Waals surface area contributed by atoms with E-state index in [1.807, 2.05) is 6.07 Å². The van der Waals surface area contributed by atoms with E-state index >= 15 is 0 Å². The minimum Gasteiger partial charge on any atom is -0.395 e. The molecule has 3 nitrogen and oxygen atoms in total. The zero-order valence-electron chi connectivity index (χ0n) is 9.10. The highest BCUT2D eigenvalue weighted by Gasteiger charge is 2.22. The van der Waals surface area contributed by atoms with Gasteiger partial charge >= 0.3 is 0 Å². The topological polar surface area (TPSA) is 32.7 Å². The molecular weight excluding hydrogens is 209 g/mol. The van der Waals surface area contributed by atoms with Crippen molar-refractivity contribution in [2.24, 2.45) is 0 Å². The Balaban J connectivity index is 2.02. The zero-order valence-corrected chi connectivity index (χ0v) is 9.10. The highest BCUT2D eigenvalue weighted by Crippen LogP contribution is 2.12. The average Bonchev–Trinajstić information content (AvgIpc) is 2.30. The Bertz CT molecular complexity index is 346. The number of hydrogen-bond donors (Lipinski definition) is 1. The molecule has 1 aliphatic heterocycles. The van der Waals surface area contributed by atoms with Gasteiger partial charge in [-0.2, -0.15) is 0 Å². The molecule has 0 amide bonds. The summed E-state index contributed by atoms with van der Waals surface area (Å²) >= 11 is 0. The molecule has 0 unspecified atom stereocenters. The van der Waals surface area contributed by atoms with Crippen LogP contribution in [0.15, 0.2) is 24.3 Å². The van der Waals surface area contributed by atoms with Crippen LogP contribution < -0.4 is 0 Å². The van der Waals surface area contributed by atoms with Gasteiger partial charge in [0.15, 0.2) is 0 Å². The second-order valence-corrected chi connectivity index (χ2v) is 4.01. The number of ether oxygens (including phenoxy) is 1. The van der Waals surface area contributed by atoms with Gasteiger partial charge in [-0.05, 0) is 17.7 Å². The van der Waals surface area contributed by atoms with Crippen molar-refractivity contribution in [3.63, 3.8) is 0 Å². The van der Waals surface area contributed by atoms with Crippen molar-refractivity contribution in [2.45, 2.75) is 12.6 Å². The summed E-state index contributed by atoms with van der Waals surface area (Å²) in [5.41, 5.74) is 0.931. The molecule has 16 heavy (non-hydrogen) atoms. The molecule has 0 bridgehead atoms. The fourth-order valence-corrected chi connectivity index (χ4v) is 1.94. The molecule has 88 valence electrons. The summed E-state index contributed by atoms with van der Waals surface area (Å²) < 4.78 is 18.3. The van der Waals surface area contributed by atoms with Crippen molar-refractivity contribution in [3.05, 3.63) is 35.6 Å². The van der Waals surface area contributed by atoms with E-state index in [-0.39, 0.29) is 18.5 Å². The van der Waals surface area contributed by atoms with Crippen LogP contribution in [-0.4, -0.2) is 42.4 Å². The molecule has 1 aromatic carbocycles. The highest BCUT2D eigenvalue weighted by molar-refractivity contribution is 5.16. The molecule has 0 radical (unpaired) electrons. The van der Waals surface area contributed by atoms with Gasteiger partial charge < -0.3 is 9.84 Å². The molecule has 0 aromatic heterocycles. The zero-order chi connectivity index (χ0) is 11.4. The molecule has 4 heteroatoms. The van der Waals surface area contributed by atoms with Crippen molar-refractivity contribution < 1.29 is 14.2 Å². The Labute approximate surface area is 94.4 Å². The first-order valence-corrected chi connectivity index (χ1v) is 5.46. The second-order valence-electron chi connectivity index (χ2n) is 4.01. The summed E-state index contributed by atoms with van der Waals surface area (Å²) in [7, 11) is 0. The monoisotopic (exact) mass is 225 g/mol. The first kappa shape index (κ1) is 11.5. The molecule has 1 aliphatic rings. The number of rotatable bonds is 3. The Morgan fingerprint density at radius 2 is 2.38 bits per heavy atom. The van der Waals surface area contributed by atoms with Crippen molar-refractivity contribution in [3.8, 4) is 0 Å². The predicted molar refractivity (Wildman–Crippen MR) is 58.5 cm³/mol. The molecular formula is C12H16FNO2.